The van der Waals surface area contributed by atoms with E-state index in [1.165, 1.54) is 43.3 Å². The lowest BCUT2D eigenvalue weighted by atomic mass is 10.0. The highest BCUT2D eigenvalue weighted by molar-refractivity contribution is 5.06. The largest absolute Gasteiger partial charge is 0.0998 e. The normalized spacial score (nSPS) is 9.83. The average molecular weight is 166 g/mol. The number of allylic oxidation sites excluding steroid dienone is 2. The summed E-state index contributed by atoms with van der Waals surface area (Å²) in [4.78, 5) is 0. The Balaban J connectivity index is 3.26. The van der Waals surface area contributed by atoms with E-state index in [9.17, 15) is 0 Å². The first kappa shape index (κ1) is 11.5. The van der Waals surface area contributed by atoms with E-state index in [2.05, 4.69) is 27.0 Å². The van der Waals surface area contributed by atoms with Crippen molar-refractivity contribution < 1.29 is 0 Å². The summed E-state index contributed by atoms with van der Waals surface area (Å²) in [7, 11) is 0. The molecule has 0 fully saturated rings. The van der Waals surface area contributed by atoms with Crippen LogP contribution in [0.2, 0.25) is 0 Å². The SMILES string of the molecule is C=C(C)CC(=C)CCCCCC. The molecule has 12 heavy (non-hydrogen) atoms. The van der Waals surface area contributed by atoms with E-state index in [1.807, 2.05) is 0 Å². The molecule has 0 saturated heterocycles. The van der Waals surface area contributed by atoms with Crippen molar-refractivity contribution in [1.29, 1.82) is 0 Å². The van der Waals surface area contributed by atoms with E-state index < -0.39 is 0 Å². The molecule has 0 aliphatic rings. The van der Waals surface area contributed by atoms with Crippen LogP contribution in [0, 0.1) is 0 Å². The minimum atomic E-state index is 1.02. The Bertz CT molecular complexity index is 142. The zero-order chi connectivity index (χ0) is 9.40. The molecule has 0 aromatic heterocycles. The van der Waals surface area contributed by atoms with Crippen LogP contribution in [0.15, 0.2) is 24.3 Å². The highest BCUT2D eigenvalue weighted by Crippen LogP contribution is 2.14. The highest BCUT2D eigenvalue weighted by atomic mass is 14.0. The fourth-order valence-electron chi connectivity index (χ4n) is 1.32. The summed E-state index contributed by atoms with van der Waals surface area (Å²) in [6, 6.07) is 0. The number of hydrogen-bond acceptors (Lipinski definition) is 0. The molecule has 70 valence electrons. The summed E-state index contributed by atoms with van der Waals surface area (Å²) in [6.45, 7) is 12.2. The van der Waals surface area contributed by atoms with E-state index in [1.54, 1.807) is 0 Å². The van der Waals surface area contributed by atoms with Crippen LogP contribution in [-0.4, -0.2) is 0 Å². The average Bonchev–Trinajstić information content (AvgIpc) is 1.97. The second-order valence-corrected chi connectivity index (χ2v) is 3.69. The lowest BCUT2D eigenvalue weighted by Gasteiger charge is -2.04. The quantitative estimate of drug-likeness (QED) is 0.386. The van der Waals surface area contributed by atoms with Crippen LogP contribution in [0.5, 0.6) is 0 Å². The molecule has 0 saturated carbocycles. The lowest BCUT2D eigenvalue weighted by Crippen LogP contribution is -1.84. The minimum absolute atomic E-state index is 1.02. The number of hydrogen-bond donors (Lipinski definition) is 0. The molecule has 0 unspecified atom stereocenters. The van der Waals surface area contributed by atoms with Gasteiger partial charge < -0.3 is 0 Å². The van der Waals surface area contributed by atoms with Gasteiger partial charge in [-0.2, -0.15) is 0 Å². The van der Waals surface area contributed by atoms with Crippen LogP contribution in [0.1, 0.15) is 52.4 Å². The van der Waals surface area contributed by atoms with Gasteiger partial charge in [0.1, 0.15) is 0 Å². The van der Waals surface area contributed by atoms with Gasteiger partial charge in [-0.15, -0.1) is 0 Å². The molecular weight excluding hydrogens is 144 g/mol. The van der Waals surface area contributed by atoms with E-state index in [-0.39, 0.29) is 0 Å². The van der Waals surface area contributed by atoms with Gasteiger partial charge in [-0.1, -0.05) is 50.5 Å². The molecule has 0 nitrogen and oxygen atoms in total. The van der Waals surface area contributed by atoms with E-state index in [0.717, 1.165) is 6.42 Å². The van der Waals surface area contributed by atoms with E-state index in [0.29, 0.717) is 0 Å². The Morgan fingerprint density at radius 3 is 2.25 bits per heavy atom. The Morgan fingerprint density at radius 2 is 1.75 bits per heavy atom. The van der Waals surface area contributed by atoms with Crippen LogP contribution in [0.4, 0.5) is 0 Å². The summed E-state index contributed by atoms with van der Waals surface area (Å²) in [5, 5.41) is 0. The topological polar surface area (TPSA) is 0 Å². The van der Waals surface area contributed by atoms with Crippen LogP contribution < -0.4 is 0 Å². The summed E-state index contributed by atoms with van der Waals surface area (Å²) in [5.41, 5.74) is 2.58. The zero-order valence-corrected chi connectivity index (χ0v) is 8.66. The van der Waals surface area contributed by atoms with Gasteiger partial charge in [0, 0.05) is 0 Å². The van der Waals surface area contributed by atoms with E-state index in [4.69, 9.17) is 0 Å². The molecule has 0 heteroatoms. The predicted molar refractivity (Wildman–Crippen MR) is 57.3 cm³/mol. The molecule has 0 aliphatic carbocycles. The molecule has 0 aromatic carbocycles. The third kappa shape index (κ3) is 7.59. The molecule has 0 N–H and O–H groups in total. The number of rotatable bonds is 7. The van der Waals surface area contributed by atoms with Gasteiger partial charge in [0.15, 0.2) is 0 Å². The van der Waals surface area contributed by atoms with Crippen LogP contribution in [0.3, 0.4) is 0 Å². The van der Waals surface area contributed by atoms with Crippen molar-refractivity contribution in [2.24, 2.45) is 0 Å². The lowest BCUT2D eigenvalue weighted by molar-refractivity contribution is 0.660. The maximum atomic E-state index is 4.03. The maximum absolute atomic E-state index is 4.03. The van der Waals surface area contributed by atoms with Gasteiger partial charge in [-0.05, 0) is 26.2 Å². The van der Waals surface area contributed by atoms with Gasteiger partial charge in [0.25, 0.3) is 0 Å². The molecule has 0 atom stereocenters. The van der Waals surface area contributed by atoms with Crippen LogP contribution in [0.25, 0.3) is 0 Å². The van der Waals surface area contributed by atoms with Crippen molar-refractivity contribution in [1.82, 2.24) is 0 Å². The van der Waals surface area contributed by atoms with Gasteiger partial charge >= 0.3 is 0 Å². The summed E-state index contributed by atoms with van der Waals surface area (Å²) in [6.07, 6.45) is 7.54. The Kier molecular flexibility index (Phi) is 6.84. The van der Waals surface area contributed by atoms with Crippen LogP contribution in [-0.2, 0) is 0 Å². The Morgan fingerprint density at radius 1 is 1.08 bits per heavy atom. The second-order valence-electron chi connectivity index (χ2n) is 3.69. The summed E-state index contributed by atoms with van der Waals surface area (Å²) < 4.78 is 0. The molecule has 0 bridgehead atoms. The van der Waals surface area contributed by atoms with E-state index >= 15 is 0 Å². The summed E-state index contributed by atoms with van der Waals surface area (Å²) in [5.74, 6) is 0. The number of unbranched alkanes of at least 4 members (excludes halogenated alkanes) is 3. The molecular formula is C12H22. The van der Waals surface area contributed by atoms with Crippen molar-refractivity contribution >= 4 is 0 Å². The monoisotopic (exact) mass is 166 g/mol. The van der Waals surface area contributed by atoms with Crippen molar-refractivity contribution in [3.8, 4) is 0 Å². The third-order valence-corrected chi connectivity index (χ3v) is 1.94. The van der Waals surface area contributed by atoms with Crippen LogP contribution >= 0.6 is 0 Å². The molecule has 0 radical (unpaired) electrons. The zero-order valence-electron chi connectivity index (χ0n) is 8.66. The Labute approximate surface area is 77.4 Å². The molecule has 0 aliphatic heterocycles. The smallest absolute Gasteiger partial charge is 0.0117 e. The summed E-state index contributed by atoms with van der Waals surface area (Å²) >= 11 is 0. The minimum Gasteiger partial charge on any atom is -0.0998 e. The van der Waals surface area contributed by atoms with Crippen molar-refractivity contribution in [3.63, 3.8) is 0 Å². The second kappa shape index (κ2) is 7.15. The maximum Gasteiger partial charge on any atom is -0.0117 e. The van der Waals surface area contributed by atoms with Crippen molar-refractivity contribution in [3.05, 3.63) is 24.3 Å². The van der Waals surface area contributed by atoms with Gasteiger partial charge in [-0.25, -0.2) is 0 Å². The fourth-order valence-corrected chi connectivity index (χ4v) is 1.32. The first-order valence-electron chi connectivity index (χ1n) is 4.97. The predicted octanol–water partition coefficient (Wildman–Crippen LogP) is 4.48. The molecule has 0 rings (SSSR count). The van der Waals surface area contributed by atoms with Crippen molar-refractivity contribution in [2.45, 2.75) is 52.4 Å². The van der Waals surface area contributed by atoms with Gasteiger partial charge in [0.2, 0.25) is 0 Å². The van der Waals surface area contributed by atoms with Gasteiger partial charge in [0.05, 0.1) is 0 Å². The third-order valence-electron chi connectivity index (χ3n) is 1.94. The molecule has 0 amide bonds. The van der Waals surface area contributed by atoms with Gasteiger partial charge in [-0.3, -0.25) is 0 Å². The fraction of sp³-hybridized carbons (Fsp3) is 0.667. The van der Waals surface area contributed by atoms with Crippen molar-refractivity contribution in [2.75, 3.05) is 0 Å². The molecule has 0 aromatic rings. The molecule has 0 heterocycles. The Hall–Kier alpha value is -0.520. The highest BCUT2D eigenvalue weighted by Gasteiger charge is 1.94. The first-order chi connectivity index (χ1) is 5.66. The first-order valence-corrected chi connectivity index (χ1v) is 4.97. The standard InChI is InChI=1S/C12H22/c1-5-6-7-8-9-12(4)10-11(2)3/h2,4-10H2,1,3H3. The molecule has 0 spiro atoms.